The first-order valence-corrected chi connectivity index (χ1v) is 8.75. The molecule has 1 aliphatic heterocycles. The second-order valence-electron chi connectivity index (χ2n) is 5.92. The van der Waals surface area contributed by atoms with Gasteiger partial charge in [-0.3, -0.25) is 9.59 Å². The predicted octanol–water partition coefficient (Wildman–Crippen LogP) is 3.12. The van der Waals surface area contributed by atoms with Crippen molar-refractivity contribution in [3.8, 4) is 0 Å². The van der Waals surface area contributed by atoms with E-state index >= 15 is 0 Å². The second kappa shape index (κ2) is 6.59. The van der Waals surface area contributed by atoms with Crippen molar-refractivity contribution in [2.75, 3.05) is 6.54 Å². The molecule has 2 fully saturated rings. The van der Waals surface area contributed by atoms with E-state index < -0.39 is 0 Å². The molecule has 3 rings (SSSR count). The molecule has 0 bridgehead atoms. The minimum absolute atomic E-state index is 0.0783. The van der Waals surface area contributed by atoms with Gasteiger partial charge in [0.2, 0.25) is 11.8 Å². The van der Waals surface area contributed by atoms with E-state index in [0.29, 0.717) is 18.1 Å². The largest absolute Gasteiger partial charge is 0.350 e. The van der Waals surface area contributed by atoms with E-state index in [2.05, 4.69) is 21.2 Å². The lowest BCUT2D eigenvalue weighted by molar-refractivity contribution is -0.139. The average Bonchev–Trinajstić information content (AvgIpc) is 3.22. The van der Waals surface area contributed by atoms with Gasteiger partial charge in [0.05, 0.1) is 0 Å². The molecule has 0 radical (unpaired) electrons. The first-order chi connectivity index (χ1) is 10.6. The van der Waals surface area contributed by atoms with Crippen LogP contribution in [0.2, 0.25) is 5.02 Å². The highest BCUT2D eigenvalue weighted by molar-refractivity contribution is 9.10. The summed E-state index contributed by atoms with van der Waals surface area (Å²) >= 11 is 9.51. The van der Waals surface area contributed by atoms with Gasteiger partial charge in [0, 0.05) is 28.5 Å². The number of hydrogen-bond acceptors (Lipinski definition) is 2. The molecule has 4 nitrogen and oxygen atoms in total. The van der Waals surface area contributed by atoms with Gasteiger partial charge in [0.15, 0.2) is 0 Å². The number of rotatable bonds is 4. The molecule has 22 heavy (non-hydrogen) atoms. The Kier molecular flexibility index (Phi) is 4.73. The molecule has 6 heteroatoms. The molecule has 1 aliphatic carbocycles. The van der Waals surface area contributed by atoms with Crippen LogP contribution in [0, 0.1) is 5.92 Å². The molecule has 0 spiro atoms. The zero-order chi connectivity index (χ0) is 15.7. The van der Waals surface area contributed by atoms with Gasteiger partial charge in [-0.1, -0.05) is 33.6 Å². The quantitative estimate of drug-likeness (QED) is 0.866. The number of carbonyl (C=O) groups is 2. The maximum absolute atomic E-state index is 12.4. The monoisotopic (exact) mass is 384 g/mol. The van der Waals surface area contributed by atoms with Gasteiger partial charge in [-0.25, -0.2) is 0 Å². The molecule has 0 aromatic heterocycles. The molecular formula is C16H18BrClN2O2. The standard InChI is InChI=1S/C16H18BrClN2O2/c17-12-6-5-11(13(18)8-12)9-19-15(21)14-2-1-7-20(14)16(22)10-3-4-10/h5-6,8,10,14H,1-4,7,9H2,(H,19,21). The van der Waals surface area contributed by atoms with Gasteiger partial charge in [0.25, 0.3) is 0 Å². The molecule has 1 atom stereocenters. The van der Waals surface area contributed by atoms with Crippen molar-refractivity contribution in [3.05, 3.63) is 33.3 Å². The normalized spacial score (nSPS) is 21.0. The maximum Gasteiger partial charge on any atom is 0.243 e. The smallest absolute Gasteiger partial charge is 0.243 e. The van der Waals surface area contributed by atoms with Crippen molar-refractivity contribution in [2.45, 2.75) is 38.3 Å². The van der Waals surface area contributed by atoms with Gasteiger partial charge in [-0.15, -0.1) is 0 Å². The number of carbonyl (C=O) groups excluding carboxylic acids is 2. The Hall–Kier alpha value is -1.07. The van der Waals surface area contributed by atoms with Crippen LogP contribution in [0.25, 0.3) is 0 Å². The molecule has 1 saturated carbocycles. The highest BCUT2D eigenvalue weighted by Crippen LogP contribution is 2.33. The van der Waals surface area contributed by atoms with E-state index in [0.717, 1.165) is 35.7 Å². The fourth-order valence-corrected chi connectivity index (χ4v) is 3.57. The van der Waals surface area contributed by atoms with Crippen LogP contribution >= 0.6 is 27.5 Å². The fourth-order valence-electron chi connectivity index (χ4n) is 2.83. The van der Waals surface area contributed by atoms with Crippen LogP contribution in [0.15, 0.2) is 22.7 Å². The van der Waals surface area contributed by atoms with Gasteiger partial charge in [-0.05, 0) is 43.4 Å². The summed E-state index contributed by atoms with van der Waals surface area (Å²) in [7, 11) is 0. The van der Waals surface area contributed by atoms with E-state index in [1.807, 2.05) is 18.2 Å². The van der Waals surface area contributed by atoms with Crippen LogP contribution in [-0.4, -0.2) is 29.3 Å². The summed E-state index contributed by atoms with van der Waals surface area (Å²) < 4.78 is 0.907. The van der Waals surface area contributed by atoms with Gasteiger partial charge in [0.1, 0.15) is 6.04 Å². The minimum Gasteiger partial charge on any atom is -0.350 e. The molecule has 1 saturated heterocycles. The van der Waals surface area contributed by atoms with Crippen LogP contribution in [0.4, 0.5) is 0 Å². The summed E-state index contributed by atoms with van der Waals surface area (Å²) in [5, 5.41) is 3.53. The van der Waals surface area contributed by atoms with E-state index in [9.17, 15) is 9.59 Å². The Morgan fingerprint density at radius 1 is 1.32 bits per heavy atom. The van der Waals surface area contributed by atoms with Gasteiger partial charge < -0.3 is 10.2 Å². The summed E-state index contributed by atoms with van der Waals surface area (Å²) in [4.78, 5) is 26.4. The fraction of sp³-hybridized carbons (Fsp3) is 0.500. The lowest BCUT2D eigenvalue weighted by Gasteiger charge is -2.24. The molecule has 1 aromatic carbocycles. The first-order valence-electron chi connectivity index (χ1n) is 7.58. The Balaban J connectivity index is 1.60. The van der Waals surface area contributed by atoms with Crippen LogP contribution in [0.3, 0.4) is 0 Å². The first kappa shape index (κ1) is 15.8. The topological polar surface area (TPSA) is 49.4 Å². The predicted molar refractivity (Wildman–Crippen MR) is 88.5 cm³/mol. The Labute approximate surface area is 143 Å². The number of likely N-dealkylation sites (tertiary alicyclic amines) is 1. The van der Waals surface area contributed by atoms with E-state index in [1.165, 1.54) is 0 Å². The third-order valence-corrected chi connectivity index (χ3v) is 5.08. The Morgan fingerprint density at radius 2 is 2.09 bits per heavy atom. The van der Waals surface area contributed by atoms with Crippen molar-refractivity contribution in [1.82, 2.24) is 10.2 Å². The zero-order valence-corrected chi connectivity index (χ0v) is 14.5. The Morgan fingerprint density at radius 3 is 2.77 bits per heavy atom. The number of amides is 2. The van der Waals surface area contributed by atoms with Gasteiger partial charge in [-0.2, -0.15) is 0 Å². The van der Waals surface area contributed by atoms with Crippen molar-refractivity contribution in [1.29, 1.82) is 0 Å². The molecule has 1 aromatic rings. The van der Waals surface area contributed by atoms with Crippen LogP contribution in [0.5, 0.6) is 0 Å². The van der Waals surface area contributed by atoms with Crippen LogP contribution in [0.1, 0.15) is 31.2 Å². The van der Waals surface area contributed by atoms with Crippen molar-refractivity contribution in [2.24, 2.45) is 5.92 Å². The molecule has 1 heterocycles. The summed E-state index contributed by atoms with van der Waals surface area (Å²) in [6.07, 6.45) is 3.59. The SMILES string of the molecule is O=C(NCc1ccc(Br)cc1Cl)C1CCCN1C(=O)C1CC1. The van der Waals surface area contributed by atoms with E-state index in [4.69, 9.17) is 11.6 Å². The molecule has 1 unspecified atom stereocenters. The Bertz CT molecular complexity index is 604. The van der Waals surface area contributed by atoms with E-state index in [1.54, 1.807) is 4.90 Å². The number of nitrogens with one attached hydrogen (secondary N) is 1. The molecule has 2 aliphatic rings. The zero-order valence-electron chi connectivity index (χ0n) is 12.1. The number of hydrogen-bond donors (Lipinski definition) is 1. The maximum atomic E-state index is 12.4. The summed E-state index contributed by atoms with van der Waals surface area (Å²) in [5.74, 6) is 0.235. The number of nitrogens with zero attached hydrogens (tertiary/aromatic N) is 1. The van der Waals surface area contributed by atoms with E-state index in [-0.39, 0.29) is 23.8 Å². The van der Waals surface area contributed by atoms with Crippen LogP contribution in [-0.2, 0) is 16.1 Å². The third kappa shape index (κ3) is 3.46. The summed E-state index contributed by atoms with van der Waals surface area (Å²) in [6, 6.07) is 5.27. The molecular weight excluding hydrogens is 368 g/mol. The molecule has 1 N–H and O–H groups in total. The minimum atomic E-state index is -0.317. The second-order valence-corrected chi connectivity index (χ2v) is 7.24. The summed E-state index contributed by atoms with van der Waals surface area (Å²) in [5.41, 5.74) is 0.872. The third-order valence-electron chi connectivity index (χ3n) is 4.23. The molecule has 118 valence electrons. The van der Waals surface area contributed by atoms with Crippen molar-refractivity contribution >= 4 is 39.3 Å². The van der Waals surface area contributed by atoms with Gasteiger partial charge >= 0.3 is 0 Å². The van der Waals surface area contributed by atoms with Crippen LogP contribution < -0.4 is 5.32 Å². The number of halogens is 2. The lowest BCUT2D eigenvalue weighted by Crippen LogP contribution is -2.46. The highest BCUT2D eigenvalue weighted by atomic mass is 79.9. The highest BCUT2D eigenvalue weighted by Gasteiger charge is 2.40. The lowest BCUT2D eigenvalue weighted by atomic mass is 10.1. The average molecular weight is 386 g/mol. The number of benzene rings is 1. The van der Waals surface area contributed by atoms with Crippen molar-refractivity contribution in [3.63, 3.8) is 0 Å². The summed E-state index contributed by atoms with van der Waals surface area (Å²) in [6.45, 7) is 1.08. The molecule has 2 amide bonds. The van der Waals surface area contributed by atoms with Crippen molar-refractivity contribution < 1.29 is 9.59 Å².